The second kappa shape index (κ2) is 7.07. The molecule has 0 amide bonds. The number of hydrogen-bond acceptors (Lipinski definition) is 4. The number of halogens is 1. The Bertz CT molecular complexity index is 780. The van der Waals surface area contributed by atoms with Gasteiger partial charge in [-0.1, -0.05) is 29.8 Å². The van der Waals surface area contributed by atoms with Crippen molar-refractivity contribution in [2.75, 3.05) is 11.4 Å². The van der Waals surface area contributed by atoms with Crippen LogP contribution in [0.3, 0.4) is 0 Å². The smallest absolute Gasteiger partial charge is 0.181 e. The lowest BCUT2D eigenvalue weighted by Crippen LogP contribution is -2.14. The Kier molecular flexibility index (Phi) is 4.68. The summed E-state index contributed by atoms with van der Waals surface area (Å²) in [5.41, 5.74) is 1.98. The van der Waals surface area contributed by atoms with E-state index in [1.807, 2.05) is 54.7 Å². The average molecular weight is 326 g/mol. The molecule has 0 atom stereocenters. The van der Waals surface area contributed by atoms with Gasteiger partial charge in [-0.05, 0) is 53.7 Å². The van der Waals surface area contributed by atoms with E-state index in [2.05, 4.69) is 39.5 Å². The van der Waals surface area contributed by atoms with Gasteiger partial charge in [-0.15, -0.1) is 5.10 Å². The second-order valence-corrected chi connectivity index (χ2v) is 5.30. The van der Waals surface area contributed by atoms with Crippen LogP contribution in [0.2, 0.25) is 5.02 Å². The van der Waals surface area contributed by atoms with Gasteiger partial charge in [-0.25, -0.2) is 0 Å². The number of tetrazole rings is 1. The standard InChI is InChI=1S/C17H16ClN5/c1-2-22(15-6-4-3-5-7-15)13-12-17-19-20-21-23(17)16-10-8-14(18)9-11-16/h3-13H,2H2,1H3. The molecule has 0 saturated carbocycles. The Morgan fingerprint density at radius 2 is 1.83 bits per heavy atom. The fourth-order valence-corrected chi connectivity index (χ4v) is 2.34. The molecule has 0 aliphatic rings. The van der Waals surface area contributed by atoms with Crippen molar-refractivity contribution in [1.82, 2.24) is 20.2 Å². The number of anilines is 1. The highest BCUT2D eigenvalue weighted by atomic mass is 35.5. The summed E-state index contributed by atoms with van der Waals surface area (Å²) in [5, 5.41) is 12.5. The molecule has 0 aliphatic carbocycles. The first-order valence-corrected chi connectivity index (χ1v) is 7.70. The Morgan fingerprint density at radius 3 is 2.52 bits per heavy atom. The van der Waals surface area contributed by atoms with Crippen molar-refractivity contribution < 1.29 is 0 Å². The van der Waals surface area contributed by atoms with Crippen molar-refractivity contribution in [2.24, 2.45) is 0 Å². The van der Waals surface area contributed by atoms with Gasteiger partial charge in [0.1, 0.15) is 0 Å². The number of aromatic nitrogens is 4. The van der Waals surface area contributed by atoms with E-state index < -0.39 is 0 Å². The predicted octanol–water partition coefficient (Wildman–Crippen LogP) is 3.81. The molecular formula is C17H16ClN5. The van der Waals surface area contributed by atoms with Gasteiger partial charge < -0.3 is 4.90 Å². The fraction of sp³-hybridized carbons (Fsp3) is 0.118. The normalized spacial score (nSPS) is 11.0. The topological polar surface area (TPSA) is 46.8 Å². The van der Waals surface area contributed by atoms with Gasteiger partial charge >= 0.3 is 0 Å². The van der Waals surface area contributed by atoms with Gasteiger partial charge in [0.15, 0.2) is 5.82 Å². The van der Waals surface area contributed by atoms with E-state index in [4.69, 9.17) is 11.6 Å². The third kappa shape index (κ3) is 3.57. The molecule has 5 nitrogen and oxygen atoms in total. The van der Waals surface area contributed by atoms with Crippen LogP contribution in [0, 0.1) is 0 Å². The molecular weight excluding hydrogens is 310 g/mol. The zero-order valence-corrected chi connectivity index (χ0v) is 13.4. The minimum absolute atomic E-state index is 0.654. The highest BCUT2D eigenvalue weighted by Gasteiger charge is 2.06. The second-order valence-electron chi connectivity index (χ2n) is 4.86. The lowest BCUT2D eigenvalue weighted by molar-refractivity contribution is 0.786. The molecule has 0 N–H and O–H groups in total. The van der Waals surface area contributed by atoms with Gasteiger partial charge in [0.25, 0.3) is 0 Å². The minimum atomic E-state index is 0.654. The molecule has 0 unspecified atom stereocenters. The van der Waals surface area contributed by atoms with E-state index in [9.17, 15) is 0 Å². The molecule has 3 aromatic rings. The fourth-order valence-electron chi connectivity index (χ4n) is 2.21. The summed E-state index contributed by atoms with van der Waals surface area (Å²) in [6.45, 7) is 2.95. The van der Waals surface area contributed by atoms with E-state index in [-0.39, 0.29) is 0 Å². The first-order chi connectivity index (χ1) is 11.3. The van der Waals surface area contributed by atoms with Crippen molar-refractivity contribution in [2.45, 2.75) is 6.92 Å². The van der Waals surface area contributed by atoms with Crippen LogP contribution in [0.4, 0.5) is 5.69 Å². The molecule has 2 aromatic carbocycles. The van der Waals surface area contributed by atoms with E-state index >= 15 is 0 Å². The maximum Gasteiger partial charge on any atom is 0.181 e. The van der Waals surface area contributed by atoms with Crippen LogP contribution in [-0.4, -0.2) is 26.8 Å². The van der Waals surface area contributed by atoms with Gasteiger partial charge in [0, 0.05) is 29.5 Å². The summed E-state index contributed by atoms with van der Waals surface area (Å²) in [6.07, 6.45) is 3.87. The van der Waals surface area contributed by atoms with E-state index in [1.54, 1.807) is 4.68 Å². The molecule has 6 heteroatoms. The number of rotatable bonds is 5. The van der Waals surface area contributed by atoms with Crippen LogP contribution in [0.15, 0.2) is 60.8 Å². The molecule has 23 heavy (non-hydrogen) atoms. The third-order valence-electron chi connectivity index (χ3n) is 3.40. The molecule has 3 rings (SSSR count). The zero-order chi connectivity index (χ0) is 16.1. The Hall–Kier alpha value is -2.66. The number of benzene rings is 2. The van der Waals surface area contributed by atoms with Crippen LogP contribution < -0.4 is 4.90 Å². The van der Waals surface area contributed by atoms with Crippen molar-refractivity contribution in [1.29, 1.82) is 0 Å². The monoisotopic (exact) mass is 325 g/mol. The molecule has 116 valence electrons. The lowest BCUT2D eigenvalue weighted by Gasteiger charge is -2.17. The average Bonchev–Trinajstić information content (AvgIpc) is 3.06. The zero-order valence-electron chi connectivity index (χ0n) is 12.7. The molecule has 0 fully saturated rings. The van der Waals surface area contributed by atoms with Crippen molar-refractivity contribution in [3.63, 3.8) is 0 Å². The lowest BCUT2D eigenvalue weighted by atomic mass is 10.3. The van der Waals surface area contributed by atoms with Crippen molar-refractivity contribution in [3.8, 4) is 5.69 Å². The highest BCUT2D eigenvalue weighted by Crippen LogP contribution is 2.16. The SMILES string of the molecule is CCN(C=Cc1nnnn1-c1ccc(Cl)cc1)c1ccccc1. The van der Waals surface area contributed by atoms with Crippen LogP contribution in [-0.2, 0) is 0 Å². The van der Waals surface area contributed by atoms with Gasteiger partial charge in [-0.3, -0.25) is 0 Å². The van der Waals surface area contributed by atoms with E-state index in [1.165, 1.54) is 0 Å². The van der Waals surface area contributed by atoms with Crippen LogP contribution >= 0.6 is 11.6 Å². The molecule has 0 saturated heterocycles. The first kappa shape index (κ1) is 15.2. The third-order valence-corrected chi connectivity index (χ3v) is 3.65. The number of nitrogens with zero attached hydrogens (tertiary/aromatic N) is 5. The number of para-hydroxylation sites is 1. The van der Waals surface area contributed by atoms with Gasteiger partial charge in [0.2, 0.25) is 0 Å². The summed E-state index contributed by atoms with van der Waals surface area (Å²) >= 11 is 5.92. The predicted molar refractivity (Wildman–Crippen MR) is 92.7 cm³/mol. The summed E-state index contributed by atoms with van der Waals surface area (Å²) in [7, 11) is 0. The quantitative estimate of drug-likeness (QED) is 0.715. The largest absolute Gasteiger partial charge is 0.348 e. The molecule has 0 bridgehead atoms. The summed E-state index contributed by atoms with van der Waals surface area (Å²) in [5.74, 6) is 0.654. The summed E-state index contributed by atoms with van der Waals surface area (Å²) in [6, 6.07) is 17.6. The first-order valence-electron chi connectivity index (χ1n) is 7.32. The van der Waals surface area contributed by atoms with Gasteiger partial charge in [0.05, 0.1) is 5.69 Å². The van der Waals surface area contributed by atoms with E-state index in [0.29, 0.717) is 10.8 Å². The molecule has 0 spiro atoms. The summed E-state index contributed by atoms with van der Waals surface area (Å²) in [4.78, 5) is 2.13. The maximum atomic E-state index is 5.92. The molecule has 0 aliphatic heterocycles. The maximum absolute atomic E-state index is 5.92. The van der Waals surface area contributed by atoms with Crippen LogP contribution in [0.25, 0.3) is 11.8 Å². The number of hydrogen-bond donors (Lipinski definition) is 0. The van der Waals surface area contributed by atoms with Gasteiger partial charge in [-0.2, -0.15) is 4.68 Å². The Balaban J connectivity index is 1.86. The van der Waals surface area contributed by atoms with Crippen molar-refractivity contribution >= 4 is 23.4 Å². The van der Waals surface area contributed by atoms with Crippen molar-refractivity contribution in [3.05, 3.63) is 71.6 Å². The van der Waals surface area contributed by atoms with E-state index in [0.717, 1.165) is 17.9 Å². The highest BCUT2D eigenvalue weighted by molar-refractivity contribution is 6.30. The molecule has 1 heterocycles. The summed E-state index contributed by atoms with van der Waals surface area (Å²) < 4.78 is 1.67. The Morgan fingerprint density at radius 1 is 1.09 bits per heavy atom. The van der Waals surface area contributed by atoms with Crippen LogP contribution in [0.1, 0.15) is 12.7 Å². The molecule has 1 aromatic heterocycles. The minimum Gasteiger partial charge on any atom is -0.348 e. The molecule has 0 radical (unpaired) electrons. The Labute approximate surface area is 139 Å². The van der Waals surface area contributed by atoms with Crippen LogP contribution in [0.5, 0.6) is 0 Å².